The summed E-state index contributed by atoms with van der Waals surface area (Å²) in [5.41, 5.74) is 6.91. The van der Waals surface area contributed by atoms with Crippen molar-refractivity contribution in [1.29, 1.82) is 0 Å². The van der Waals surface area contributed by atoms with Gasteiger partial charge in [0, 0.05) is 5.56 Å². The maximum absolute atomic E-state index is 13.5. The number of benzene rings is 2. The minimum absolute atomic E-state index is 0.0270. The number of hydrogen-bond donors (Lipinski definition) is 1. The topological polar surface area (TPSA) is 44.5 Å². The van der Waals surface area contributed by atoms with E-state index in [2.05, 4.69) is 0 Å². The van der Waals surface area contributed by atoms with E-state index in [4.69, 9.17) is 15.2 Å². The molecular weight excluding hydrogens is 257 g/mol. The molecule has 20 heavy (non-hydrogen) atoms. The first-order valence-electron chi connectivity index (χ1n) is 6.49. The Labute approximate surface area is 118 Å². The molecule has 0 spiro atoms. The first kappa shape index (κ1) is 14.2. The van der Waals surface area contributed by atoms with E-state index >= 15 is 0 Å². The molecule has 3 nitrogen and oxygen atoms in total. The minimum atomic E-state index is -0.291. The zero-order chi connectivity index (χ0) is 14.5. The molecule has 0 bridgehead atoms. The van der Waals surface area contributed by atoms with Gasteiger partial charge in [-0.25, -0.2) is 4.39 Å². The number of nitrogens with two attached hydrogens (primary N) is 1. The number of ether oxygens (including phenoxy) is 2. The lowest BCUT2D eigenvalue weighted by Gasteiger charge is -2.15. The van der Waals surface area contributed by atoms with Crippen LogP contribution in [0, 0.1) is 5.82 Å². The van der Waals surface area contributed by atoms with Gasteiger partial charge in [0.2, 0.25) is 0 Å². The predicted molar refractivity (Wildman–Crippen MR) is 77.4 cm³/mol. The van der Waals surface area contributed by atoms with Crippen molar-refractivity contribution in [2.45, 2.75) is 26.6 Å². The number of rotatable bonds is 5. The Morgan fingerprint density at radius 3 is 2.45 bits per heavy atom. The molecule has 0 aliphatic carbocycles. The van der Waals surface area contributed by atoms with Crippen molar-refractivity contribution in [3.63, 3.8) is 0 Å². The number of hydrogen-bond acceptors (Lipinski definition) is 3. The third-order valence-corrected chi connectivity index (χ3v) is 2.73. The normalized spacial score (nSPS) is 10.6. The van der Waals surface area contributed by atoms with E-state index in [0.717, 1.165) is 0 Å². The van der Waals surface area contributed by atoms with Gasteiger partial charge in [-0.15, -0.1) is 0 Å². The monoisotopic (exact) mass is 275 g/mol. The van der Waals surface area contributed by atoms with Crippen LogP contribution in [0.25, 0.3) is 0 Å². The molecule has 4 heteroatoms. The van der Waals surface area contributed by atoms with Gasteiger partial charge in [0.1, 0.15) is 29.6 Å². The summed E-state index contributed by atoms with van der Waals surface area (Å²) in [6.45, 7) is 3.97. The van der Waals surface area contributed by atoms with Gasteiger partial charge in [-0.2, -0.15) is 0 Å². The van der Waals surface area contributed by atoms with Gasteiger partial charge in [0.05, 0.1) is 6.10 Å². The average Bonchev–Trinajstić information content (AvgIpc) is 2.41. The molecule has 2 aromatic carbocycles. The summed E-state index contributed by atoms with van der Waals surface area (Å²) < 4.78 is 24.7. The van der Waals surface area contributed by atoms with Gasteiger partial charge in [-0.3, -0.25) is 0 Å². The smallest absolute Gasteiger partial charge is 0.146 e. The van der Waals surface area contributed by atoms with E-state index in [-0.39, 0.29) is 18.5 Å². The average molecular weight is 275 g/mol. The van der Waals surface area contributed by atoms with Crippen LogP contribution in [-0.4, -0.2) is 6.10 Å². The number of para-hydroxylation sites is 1. The van der Waals surface area contributed by atoms with Crippen molar-refractivity contribution >= 4 is 5.69 Å². The molecule has 0 radical (unpaired) electrons. The van der Waals surface area contributed by atoms with Crippen molar-refractivity contribution in [3.05, 3.63) is 53.8 Å². The third kappa shape index (κ3) is 3.41. The first-order chi connectivity index (χ1) is 9.58. The molecule has 0 saturated heterocycles. The Morgan fingerprint density at radius 2 is 1.75 bits per heavy atom. The summed E-state index contributed by atoms with van der Waals surface area (Å²) in [6.07, 6.45) is 0.0270. The van der Waals surface area contributed by atoms with Gasteiger partial charge in [-0.1, -0.05) is 24.3 Å². The molecule has 106 valence electrons. The van der Waals surface area contributed by atoms with Crippen molar-refractivity contribution in [2.24, 2.45) is 0 Å². The zero-order valence-electron chi connectivity index (χ0n) is 11.6. The maximum Gasteiger partial charge on any atom is 0.146 e. The van der Waals surface area contributed by atoms with Crippen LogP contribution >= 0.6 is 0 Å². The Hall–Kier alpha value is -2.23. The molecule has 2 aromatic rings. The van der Waals surface area contributed by atoms with Crippen LogP contribution in [0.1, 0.15) is 19.4 Å². The summed E-state index contributed by atoms with van der Waals surface area (Å²) in [5, 5.41) is 0. The van der Waals surface area contributed by atoms with Crippen molar-refractivity contribution in [2.75, 3.05) is 5.73 Å². The van der Waals surface area contributed by atoms with Gasteiger partial charge < -0.3 is 15.2 Å². The lowest BCUT2D eigenvalue weighted by atomic mass is 10.2. The highest BCUT2D eigenvalue weighted by molar-refractivity contribution is 5.62. The van der Waals surface area contributed by atoms with Crippen molar-refractivity contribution < 1.29 is 13.9 Å². The van der Waals surface area contributed by atoms with E-state index in [1.54, 1.807) is 36.4 Å². The highest BCUT2D eigenvalue weighted by Gasteiger charge is 2.09. The number of anilines is 1. The first-order valence-corrected chi connectivity index (χ1v) is 6.49. The fourth-order valence-electron chi connectivity index (χ4n) is 1.78. The molecule has 2 N–H and O–H groups in total. The van der Waals surface area contributed by atoms with Gasteiger partial charge in [0.15, 0.2) is 0 Å². The fourth-order valence-corrected chi connectivity index (χ4v) is 1.78. The molecule has 0 aromatic heterocycles. The summed E-state index contributed by atoms with van der Waals surface area (Å²) in [6, 6.07) is 11.8. The second-order valence-corrected chi connectivity index (χ2v) is 4.71. The quantitative estimate of drug-likeness (QED) is 0.845. The highest BCUT2D eigenvalue weighted by atomic mass is 19.1. The predicted octanol–water partition coefficient (Wildman–Crippen LogP) is 3.77. The Kier molecular flexibility index (Phi) is 4.45. The Balaban J connectivity index is 2.12. The summed E-state index contributed by atoms with van der Waals surface area (Å²) in [4.78, 5) is 0. The molecule has 0 saturated carbocycles. The largest absolute Gasteiger partial charge is 0.489 e. The van der Waals surface area contributed by atoms with Crippen LogP contribution in [0.4, 0.5) is 10.1 Å². The minimum Gasteiger partial charge on any atom is -0.489 e. The van der Waals surface area contributed by atoms with Crippen LogP contribution in [0.5, 0.6) is 11.5 Å². The van der Waals surface area contributed by atoms with E-state index in [0.29, 0.717) is 22.7 Å². The molecule has 0 aliphatic heterocycles. The summed E-state index contributed by atoms with van der Waals surface area (Å²) in [7, 11) is 0. The van der Waals surface area contributed by atoms with Crippen LogP contribution in [0.2, 0.25) is 0 Å². The molecule has 0 unspecified atom stereocenters. The van der Waals surface area contributed by atoms with E-state index in [9.17, 15) is 4.39 Å². The highest BCUT2D eigenvalue weighted by Crippen LogP contribution is 2.32. The van der Waals surface area contributed by atoms with Crippen molar-refractivity contribution in [3.8, 4) is 11.5 Å². The summed E-state index contributed by atoms with van der Waals surface area (Å²) >= 11 is 0. The second-order valence-electron chi connectivity index (χ2n) is 4.71. The van der Waals surface area contributed by atoms with E-state index in [1.165, 1.54) is 6.07 Å². The molecular formula is C16H18FNO2. The van der Waals surface area contributed by atoms with E-state index < -0.39 is 0 Å². The van der Waals surface area contributed by atoms with Gasteiger partial charge in [-0.05, 0) is 32.0 Å². The fraction of sp³-hybridized carbons (Fsp3) is 0.250. The van der Waals surface area contributed by atoms with Crippen LogP contribution in [-0.2, 0) is 6.61 Å². The standard InChI is InChI=1S/C16H18FNO2/c1-11(2)20-15-9-5-8-14(16(15)18)19-10-12-6-3-4-7-13(12)17/h3-9,11H,10,18H2,1-2H3. The van der Waals surface area contributed by atoms with Crippen LogP contribution in [0.15, 0.2) is 42.5 Å². The second kappa shape index (κ2) is 6.28. The lowest BCUT2D eigenvalue weighted by molar-refractivity contribution is 0.241. The maximum atomic E-state index is 13.5. The number of halogens is 1. The Morgan fingerprint density at radius 1 is 1.05 bits per heavy atom. The molecule has 0 amide bonds. The Bertz CT molecular complexity index is 584. The van der Waals surface area contributed by atoms with Crippen LogP contribution in [0.3, 0.4) is 0 Å². The molecule has 2 rings (SSSR count). The lowest BCUT2D eigenvalue weighted by Crippen LogP contribution is -2.08. The van der Waals surface area contributed by atoms with Crippen LogP contribution < -0.4 is 15.2 Å². The third-order valence-electron chi connectivity index (χ3n) is 2.73. The molecule has 0 heterocycles. The molecule has 0 fully saturated rings. The zero-order valence-corrected chi connectivity index (χ0v) is 11.6. The SMILES string of the molecule is CC(C)Oc1cccc(OCc2ccccc2F)c1N. The molecule has 0 aliphatic rings. The van der Waals surface area contributed by atoms with Gasteiger partial charge >= 0.3 is 0 Å². The summed E-state index contributed by atoms with van der Waals surface area (Å²) in [5.74, 6) is 0.776. The van der Waals surface area contributed by atoms with Gasteiger partial charge in [0.25, 0.3) is 0 Å². The van der Waals surface area contributed by atoms with E-state index in [1.807, 2.05) is 13.8 Å². The number of nitrogen functional groups attached to an aromatic ring is 1. The molecule has 0 atom stereocenters. The van der Waals surface area contributed by atoms with Crippen molar-refractivity contribution in [1.82, 2.24) is 0 Å².